The van der Waals surface area contributed by atoms with Crippen molar-refractivity contribution in [2.45, 2.75) is 19.8 Å². The van der Waals surface area contributed by atoms with Crippen molar-refractivity contribution in [1.29, 1.82) is 0 Å². The molecule has 0 fully saturated rings. The molecule has 0 aliphatic rings. The highest BCUT2D eigenvalue weighted by atomic mass is 16.5. The van der Waals surface area contributed by atoms with Gasteiger partial charge < -0.3 is 10.5 Å². The highest BCUT2D eigenvalue weighted by molar-refractivity contribution is 5.57. The van der Waals surface area contributed by atoms with E-state index in [9.17, 15) is 0 Å². The molecular weight excluding hydrogens is 186 g/mol. The van der Waals surface area contributed by atoms with Crippen molar-refractivity contribution in [1.82, 2.24) is 0 Å². The number of nitrogens with two attached hydrogens (primary N) is 1. The Bertz CT molecular complexity index is 307. The van der Waals surface area contributed by atoms with Crippen molar-refractivity contribution in [3.63, 3.8) is 0 Å². The van der Waals surface area contributed by atoms with Crippen molar-refractivity contribution < 1.29 is 4.74 Å². The number of benzene rings is 1. The van der Waals surface area contributed by atoms with Gasteiger partial charge in [-0.25, -0.2) is 0 Å². The smallest absolute Gasteiger partial charge is 0.126 e. The SMILES string of the molecule is CCCOc1ccccc1/C=C/CCN. The van der Waals surface area contributed by atoms with Crippen LogP contribution in [0.25, 0.3) is 6.08 Å². The summed E-state index contributed by atoms with van der Waals surface area (Å²) < 4.78 is 5.63. The molecule has 0 bridgehead atoms. The molecule has 15 heavy (non-hydrogen) atoms. The van der Waals surface area contributed by atoms with Gasteiger partial charge in [-0.05, 0) is 25.5 Å². The number of rotatable bonds is 6. The first kappa shape index (κ1) is 11.8. The molecule has 82 valence electrons. The summed E-state index contributed by atoms with van der Waals surface area (Å²) in [4.78, 5) is 0. The van der Waals surface area contributed by atoms with E-state index >= 15 is 0 Å². The van der Waals surface area contributed by atoms with Crippen molar-refractivity contribution in [2.24, 2.45) is 5.73 Å². The van der Waals surface area contributed by atoms with Crippen molar-refractivity contribution in [3.05, 3.63) is 35.9 Å². The number of ether oxygens (including phenoxy) is 1. The second-order valence-electron chi connectivity index (χ2n) is 3.37. The zero-order chi connectivity index (χ0) is 10.9. The van der Waals surface area contributed by atoms with E-state index < -0.39 is 0 Å². The quantitative estimate of drug-likeness (QED) is 0.775. The van der Waals surface area contributed by atoms with Crippen LogP contribution in [0.4, 0.5) is 0 Å². The minimum atomic E-state index is 0.689. The van der Waals surface area contributed by atoms with Crippen LogP contribution in [-0.2, 0) is 0 Å². The van der Waals surface area contributed by atoms with Gasteiger partial charge in [0.2, 0.25) is 0 Å². The maximum atomic E-state index is 5.63. The molecule has 2 nitrogen and oxygen atoms in total. The molecular formula is C13H19NO. The summed E-state index contributed by atoms with van der Waals surface area (Å²) in [6.07, 6.45) is 6.08. The fourth-order valence-electron chi connectivity index (χ4n) is 1.27. The summed E-state index contributed by atoms with van der Waals surface area (Å²) in [5, 5.41) is 0. The Morgan fingerprint density at radius 2 is 2.13 bits per heavy atom. The molecule has 0 unspecified atom stereocenters. The van der Waals surface area contributed by atoms with Crippen LogP contribution < -0.4 is 10.5 Å². The van der Waals surface area contributed by atoms with Crippen LogP contribution in [-0.4, -0.2) is 13.2 Å². The van der Waals surface area contributed by atoms with E-state index in [-0.39, 0.29) is 0 Å². The molecule has 0 heterocycles. The zero-order valence-corrected chi connectivity index (χ0v) is 9.28. The maximum absolute atomic E-state index is 5.63. The fraction of sp³-hybridized carbons (Fsp3) is 0.385. The van der Waals surface area contributed by atoms with Crippen LogP contribution in [0.3, 0.4) is 0 Å². The highest BCUT2D eigenvalue weighted by Crippen LogP contribution is 2.19. The number of hydrogen-bond donors (Lipinski definition) is 1. The van der Waals surface area contributed by atoms with Crippen molar-refractivity contribution in [2.75, 3.05) is 13.2 Å². The summed E-state index contributed by atoms with van der Waals surface area (Å²) >= 11 is 0. The number of hydrogen-bond acceptors (Lipinski definition) is 2. The predicted molar refractivity (Wildman–Crippen MR) is 64.9 cm³/mol. The third kappa shape index (κ3) is 4.17. The zero-order valence-electron chi connectivity index (χ0n) is 9.28. The van der Waals surface area contributed by atoms with Crippen LogP contribution in [0.1, 0.15) is 25.3 Å². The van der Waals surface area contributed by atoms with E-state index in [0.717, 1.165) is 30.8 Å². The van der Waals surface area contributed by atoms with Crippen LogP contribution in [0.5, 0.6) is 5.75 Å². The summed E-state index contributed by atoms with van der Waals surface area (Å²) in [6, 6.07) is 8.06. The molecule has 1 aromatic rings. The Kier molecular flexibility index (Phi) is 5.56. The van der Waals surface area contributed by atoms with E-state index in [4.69, 9.17) is 10.5 Å². The van der Waals surface area contributed by atoms with E-state index in [1.54, 1.807) is 0 Å². The van der Waals surface area contributed by atoms with Gasteiger partial charge in [-0.15, -0.1) is 0 Å². The van der Waals surface area contributed by atoms with Gasteiger partial charge in [0.25, 0.3) is 0 Å². The molecule has 0 aliphatic heterocycles. The molecule has 0 saturated heterocycles. The second kappa shape index (κ2) is 7.07. The first-order chi connectivity index (χ1) is 7.38. The van der Waals surface area contributed by atoms with Crippen molar-refractivity contribution in [3.8, 4) is 5.75 Å². The summed E-state index contributed by atoms with van der Waals surface area (Å²) in [6.45, 7) is 3.56. The fourth-order valence-corrected chi connectivity index (χ4v) is 1.27. The van der Waals surface area contributed by atoms with Gasteiger partial charge >= 0.3 is 0 Å². The molecule has 0 amide bonds. The highest BCUT2D eigenvalue weighted by Gasteiger charge is 1.97. The second-order valence-corrected chi connectivity index (χ2v) is 3.37. The van der Waals surface area contributed by atoms with Crippen molar-refractivity contribution >= 4 is 6.08 Å². The van der Waals surface area contributed by atoms with E-state index in [1.807, 2.05) is 18.2 Å². The first-order valence-corrected chi connectivity index (χ1v) is 5.47. The van der Waals surface area contributed by atoms with E-state index in [0.29, 0.717) is 6.54 Å². The molecule has 0 aliphatic carbocycles. The van der Waals surface area contributed by atoms with Gasteiger partial charge in [0, 0.05) is 5.56 Å². The van der Waals surface area contributed by atoms with E-state index in [1.165, 1.54) is 0 Å². The van der Waals surface area contributed by atoms with Gasteiger partial charge in [-0.3, -0.25) is 0 Å². The summed E-state index contributed by atoms with van der Waals surface area (Å²) in [7, 11) is 0. The monoisotopic (exact) mass is 205 g/mol. The molecule has 2 N–H and O–H groups in total. The largest absolute Gasteiger partial charge is 0.493 e. The number of para-hydroxylation sites is 1. The molecule has 0 atom stereocenters. The van der Waals surface area contributed by atoms with Crippen LogP contribution in [0.15, 0.2) is 30.3 Å². The third-order valence-electron chi connectivity index (χ3n) is 2.01. The molecule has 0 aromatic heterocycles. The first-order valence-electron chi connectivity index (χ1n) is 5.47. The summed E-state index contributed by atoms with van der Waals surface area (Å²) in [5.74, 6) is 0.952. The minimum absolute atomic E-state index is 0.689. The van der Waals surface area contributed by atoms with Crippen LogP contribution in [0.2, 0.25) is 0 Å². The lowest BCUT2D eigenvalue weighted by atomic mass is 10.2. The molecule has 0 saturated carbocycles. The molecule has 2 heteroatoms. The lowest BCUT2D eigenvalue weighted by Gasteiger charge is -2.07. The average Bonchev–Trinajstić information content (AvgIpc) is 2.28. The average molecular weight is 205 g/mol. The summed E-state index contributed by atoms with van der Waals surface area (Å²) in [5.41, 5.74) is 6.55. The Labute approximate surface area is 91.7 Å². The predicted octanol–water partition coefficient (Wildman–Crippen LogP) is 2.84. The van der Waals surface area contributed by atoms with E-state index in [2.05, 4.69) is 25.1 Å². The maximum Gasteiger partial charge on any atom is 0.126 e. The Hall–Kier alpha value is -1.28. The Morgan fingerprint density at radius 1 is 1.33 bits per heavy atom. The topological polar surface area (TPSA) is 35.2 Å². The molecule has 0 spiro atoms. The lowest BCUT2D eigenvalue weighted by molar-refractivity contribution is 0.317. The van der Waals surface area contributed by atoms with Gasteiger partial charge in [0.15, 0.2) is 0 Å². The third-order valence-corrected chi connectivity index (χ3v) is 2.01. The van der Waals surface area contributed by atoms with Crippen LogP contribution in [0, 0.1) is 0 Å². The standard InChI is InChI=1S/C13H19NO/c1-2-11-15-13-9-4-3-7-12(13)8-5-6-10-14/h3-5,7-9H,2,6,10-11,14H2,1H3/b8-5+. The Morgan fingerprint density at radius 3 is 2.87 bits per heavy atom. The minimum Gasteiger partial charge on any atom is -0.493 e. The van der Waals surface area contributed by atoms with Gasteiger partial charge in [-0.2, -0.15) is 0 Å². The van der Waals surface area contributed by atoms with Crippen LogP contribution >= 0.6 is 0 Å². The Balaban J connectivity index is 2.67. The molecule has 0 radical (unpaired) electrons. The van der Waals surface area contributed by atoms with Gasteiger partial charge in [0.05, 0.1) is 6.61 Å². The van der Waals surface area contributed by atoms with Gasteiger partial charge in [0.1, 0.15) is 5.75 Å². The van der Waals surface area contributed by atoms with Gasteiger partial charge in [-0.1, -0.05) is 37.3 Å². The lowest BCUT2D eigenvalue weighted by Crippen LogP contribution is -1.97. The molecule has 1 aromatic carbocycles. The normalized spacial score (nSPS) is 10.8. The molecule has 1 rings (SSSR count).